The number of nitriles is 3. The number of carbonyl (C=O) groups excluding carboxylic acids is 1. The van der Waals surface area contributed by atoms with Crippen molar-refractivity contribution >= 4 is 125 Å². The van der Waals surface area contributed by atoms with E-state index >= 15 is 0 Å². The summed E-state index contributed by atoms with van der Waals surface area (Å²) in [5, 5.41) is 32.8. The topological polar surface area (TPSA) is 201 Å². The van der Waals surface area contributed by atoms with Crippen molar-refractivity contribution in [3.05, 3.63) is 349 Å². The van der Waals surface area contributed by atoms with E-state index in [1.165, 1.54) is 89.0 Å². The summed E-state index contributed by atoms with van der Waals surface area (Å²) in [7, 11) is 1.18. The molecule has 0 atom stereocenters. The fourth-order valence-corrected chi connectivity index (χ4v) is 19.8. The summed E-state index contributed by atoms with van der Waals surface area (Å²) >= 11 is 0. The Morgan fingerprint density at radius 2 is 0.766 bits per heavy atom. The first-order valence-electron chi connectivity index (χ1n) is 43.3. The Morgan fingerprint density at radius 1 is 0.414 bits per heavy atom. The van der Waals surface area contributed by atoms with Gasteiger partial charge in [0.1, 0.15) is 41.7 Å². The van der Waals surface area contributed by atoms with E-state index in [9.17, 15) is 29.7 Å². The molecule has 13 aromatic carbocycles. The average molecular weight is 1740 g/mol. The van der Waals surface area contributed by atoms with Gasteiger partial charge in [-0.15, -0.1) is 0 Å². The van der Waals surface area contributed by atoms with E-state index < -0.39 is 21.6 Å². The van der Waals surface area contributed by atoms with Gasteiger partial charge in [-0.25, -0.2) is 4.85 Å². The first-order chi connectivity index (χ1) is 62.2. The van der Waals surface area contributed by atoms with Crippen molar-refractivity contribution in [2.45, 2.75) is 124 Å². The van der Waals surface area contributed by atoms with Crippen LogP contribution < -0.4 is 28.9 Å². The molecule has 0 aliphatic heterocycles. The molecular formula is C109H105N7O10P2. The van der Waals surface area contributed by atoms with Crippen LogP contribution in [0.2, 0.25) is 0 Å². The summed E-state index contributed by atoms with van der Waals surface area (Å²) < 4.78 is 63.5. The standard InChI is InChI=1S/C62H52N4O2.C24H23NO2.C22H26N2O6P2.CH4/c1-64-62-48(25-19-44-22-30-50(31-23-44)66(52-34-38-54(68-3)39-35-52)61-17-9-13-46-11-5-7-15-56(46)61)27-40-57-58(62)41-26-47(59(57)42-63)24-18-43-20-28-49(29-21-43)65(51-32-36-53(67-2)37-33-51)60-16-8-12-45-10-4-6-14-55(45)60;1-27-22-15-13-21(14-16-22)25(20-11-9-18(17-26)10-12-20)24-8-4-6-19-5-2-3-7-23(19)24;1-5-27-22(31-25,28-6-2)21-12-11-17-18(20(21)14-24)10-9-16(19(17)13-23)15-32(26,29-7-3)30-8-4;/h8-9,12-13,16-41H,4-7,10-11,14-15H2,2-3H3;4,6,8-17H,2-3,5,7H2,1H3;9-12H,5-8,15H2,1-4H3;1H4. The highest BCUT2D eigenvalue weighted by atomic mass is 31.2. The highest BCUT2D eigenvalue weighted by Gasteiger charge is 2.39. The van der Waals surface area contributed by atoms with E-state index in [0.29, 0.717) is 38.7 Å². The van der Waals surface area contributed by atoms with Crippen molar-refractivity contribution in [2.75, 3.05) is 62.5 Å². The van der Waals surface area contributed by atoms with E-state index in [2.05, 4.69) is 189 Å². The van der Waals surface area contributed by atoms with E-state index in [0.717, 1.165) is 129 Å². The molecule has 0 N–H and O–H groups in total. The van der Waals surface area contributed by atoms with Crippen molar-refractivity contribution in [2.24, 2.45) is 0 Å². The molecule has 0 amide bonds. The SMILES string of the molecule is C.CCOC(OCC)(P=O)c1ccc2c(C#N)c(CP(=O)(OCC)OCC)ccc2c1C#N.COc1ccc(N(c2ccc(C=O)cc2)c2cccc3c2CCCC3)cc1.[C-]#[N+]c1c(C=Cc2ccc(N(c3ccc(OC)cc3)c3cccc4c3CCCC4)cc2)ccc2c(C#N)c(C=Cc3ccc(N(c4ccc(OC)cc4)c4cccc5c4CCCC5)cc3)ccc12. The monoisotopic (exact) mass is 1730 g/mol. The zero-order chi connectivity index (χ0) is 88.8. The highest BCUT2D eigenvalue weighted by Crippen LogP contribution is 2.53. The molecule has 13 aromatic rings. The lowest BCUT2D eigenvalue weighted by atomic mass is 9.90. The highest BCUT2D eigenvalue weighted by molar-refractivity contribution is 7.53. The molecule has 0 saturated carbocycles. The fraction of sp³-hybridized carbons (Fsp3) is 0.239. The second-order valence-corrected chi connectivity index (χ2v) is 33.8. The Hall–Kier alpha value is -13.5. The third kappa shape index (κ3) is 20.4. The van der Waals surface area contributed by atoms with Crippen LogP contribution in [0, 0.1) is 40.6 Å². The van der Waals surface area contributed by atoms with Crippen LogP contribution in [-0.4, -0.2) is 54.0 Å². The summed E-state index contributed by atoms with van der Waals surface area (Å²) in [5.74, 6) is 2.49. The Morgan fingerprint density at radius 3 is 1.14 bits per heavy atom. The zero-order valence-corrected chi connectivity index (χ0v) is 74.5. The maximum atomic E-state index is 13.0. The van der Waals surface area contributed by atoms with Gasteiger partial charge in [0.2, 0.25) is 14.1 Å². The number of methoxy groups -OCH3 is 3. The lowest BCUT2D eigenvalue weighted by molar-refractivity contribution is -0.176. The molecule has 0 unspecified atom stereocenters. The molecule has 0 bridgehead atoms. The van der Waals surface area contributed by atoms with Gasteiger partial charge in [-0.2, -0.15) is 15.8 Å². The third-order valence-corrected chi connectivity index (χ3v) is 26.2. The summed E-state index contributed by atoms with van der Waals surface area (Å²) in [6.07, 6.45) is 22.8. The Kier molecular flexibility index (Phi) is 31.4. The zero-order valence-electron chi connectivity index (χ0n) is 72.7. The smallest absolute Gasteiger partial charge is 0.335 e. The second-order valence-electron chi connectivity index (χ2n) is 30.9. The van der Waals surface area contributed by atoms with Crippen molar-refractivity contribution in [3.63, 3.8) is 0 Å². The summed E-state index contributed by atoms with van der Waals surface area (Å²) in [5.41, 5.74) is 23.7. The number of benzene rings is 13. The largest absolute Gasteiger partial charge is 0.497 e. The Balaban J connectivity index is 0.000000192. The van der Waals surface area contributed by atoms with E-state index in [-0.39, 0.29) is 51.1 Å². The van der Waals surface area contributed by atoms with E-state index in [1.54, 1.807) is 73.3 Å². The van der Waals surface area contributed by atoms with Crippen molar-refractivity contribution in [3.8, 4) is 35.5 Å². The lowest BCUT2D eigenvalue weighted by Gasteiger charge is -2.30. The van der Waals surface area contributed by atoms with Crippen molar-refractivity contribution in [1.29, 1.82) is 15.8 Å². The van der Waals surface area contributed by atoms with Gasteiger partial charge in [-0.3, -0.25) is 13.9 Å². The average Bonchev–Trinajstić information content (AvgIpc) is 0.750. The minimum absolute atomic E-state index is 0. The molecule has 0 radical (unpaired) electrons. The quantitative estimate of drug-likeness (QED) is 0.0141. The second kappa shape index (κ2) is 43.6. The number of rotatable bonds is 29. The molecule has 19 heteroatoms. The predicted molar refractivity (Wildman–Crippen MR) is 518 cm³/mol. The van der Waals surface area contributed by atoms with Crippen LogP contribution in [0.15, 0.2) is 249 Å². The van der Waals surface area contributed by atoms with Gasteiger partial charge in [0, 0.05) is 86.3 Å². The molecule has 3 aliphatic carbocycles. The lowest BCUT2D eigenvalue weighted by Crippen LogP contribution is -2.28. The number of fused-ring (bicyclic) bond motifs is 5. The summed E-state index contributed by atoms with van der Waals surface area (Å²) in [6.45, 7) is 16.0. The number of anilines is 9. The van der Waals surface area contributed by atoms with Gasteiger partial charge >= 0.3 is 7.60 Å². The normalized spacial score (nSPS) is 12.7. The van der Waals surface area contributed by atoms with Gasteiger partial charge < -0.3 is 47.4 Å². The van der Waals surface area contributed by atoms with Gasteiger partial charge in [0.25, 0.3) is 5.53 Å². The van der Waals surface area contributed by atoms with Crippen LogP contribution in [0.1, 0.15) is 167 Å². The Labute approximate surface area is 753 Å². The molecule has 16 rings (SSSR count). The van der Waals surface area contributed by atoms with Gasteiger partial charge in [-0.1, -0.05) is 141 Å². The molecule has 0 saturated heterocycles. The number of aldehydes is 1. The number of carbonyl (C=O) groups is 1. The molecule has 17 nitrogen and oxygen atoms in total. The van der Waals surface area contributed by atoms with E-state index in [4.69, 9.17) is 39.3 Å². The number of nitrogens with zero attached hydrogens (tertiary/aromatic N) is 7. The first-order valence-corrected chi connectivity index (χ1v) is 45.8. The van der Waals surface area contributed by atoms with Crippen molar-refractivity contribution in [1.82, 2.24) is 0 Å². The van der Waals surface area contributed by atoms with Crippen LogP contribution in [0.5, 0.6) is 17.2 Å². The Bertz CT molecular complexity index is 6170. The number of hydrogen-bond donors (Lipinski definition) is 0. The van der Waals surface area contributed by atoms with Crippen LogP contribution in [-0.2, 0) is 77.9 Å². The maximum Gasteiger partial charge on any atom is 0.335 e. The minimum Gasteiger partial charge on any atom is -0.497 e. The van der Waals surface area contributed by atoms with Crippen LogP contribution in [0.3, 0.4) is 0 Å². The first kappa shape index (κ1) is 92.1. The molecule has 646 valence electrons. The molecule has 0 aromatic heterocycles. The van der Waals surface area contributed by atoms with Gasteiger partial charge in [-0.05, 0) is 316 Å². The molecule has 128 heavy (non-hydrogen) atoms. The summed E-state index contributed by atoms with van der Waals surface area (Å²) in [6, 6.07) is 90.7. The van der Waals surface area contributed by atoms with Gasteiger partial charge in [0.15, 0.2) is 0 Å². The predicted octanol–water partition coefficient (Wildman–Crippen LogP) is 28.6. The maximum absolute atomic E-state index is 13.0. The number of ether oxygens (including phenoxy) is 5. The number of hydrogen-bond acceptors (Lipinski definition) is 16. The van der Waals surface area contributed by atoms with E-state index in [1.807, 2.05) is 97.1 Å². The molecule has 0 fully saturated rings. The number of aryl methyl sites for hydroxylation is 3. The van der Waals surface area contributed by atoms with Gasteiger partial charge in [0.05, 0.1) is 64.0 Å². The molecule has 0 heterocycles. The molecule has 3 aliphatic rings. The molecular weight excluding hydrogens is 1630 g/mol. The van der Waals surface area contributed by atoms with Crippen LogP contribution in [0.25, 0.3) is 50.7 Å². The van der Waals surface area contributed by atoms with Crippen LogP contribution in [0.4, 0.5) is 56.9 Å². The van der Waals surface area contributed by atoms with Crippen molar-refractivity contribution < 1.29 is 46.7 Å². The molecule has 0 spiro atoms. The van der Waals surface area contributed by atoms with Crippen LogP contribution >= 0.6 is 16.1 Å². The minimum atomic E-state index is -3.44. The third-order valence-electron chi connectivity index (χ3n) is 23.5. The fourth-order valence-electron chi connectivity index (χ4n) is 17.4. The summed E-state index contributed by atoms with van der Waals surface area (Å²) in [4.78, 5) is 22.0.